The first-order valence-electron chi connectivity index (χ1n) is 8.26. The Morgan fingerprint density at radius 3 is 3.04 bits per heavy atom. The Morgan fingerprint density at radius 2 is 2.27 bits per heavy atom. The molecule has 7 nitrogen and oxygen atoms in total. The lowest BCUT2D eigenvalue weighted by atomic mass is 10.2. The minimum atomic E-state index is -0.123. The molecule has 0 atom stereocenters. The Balaban J connectivity index is 1.79. The van der Waals surface area contributed by atoms with E-state index >= 15 is 0 Å². The topological polar surface area (TPSA) is 74.3 Å². The molecule has 1 aliphatic rings. The van der Waals surface area contributed by atoms with Gasteiger partial charge in [-0.1, -0.05) is 6.07 Å². The van der Waals surface area contributed by atoms with Gasteiger partial charge in [0.05, 0.1) is 30.2 Å². The molecule has 134 valence electrons. The minimum absolute atomic E-state index is 0.123. The molecule has 26 heavy (non-hydrogen) atoms. The van der Waals surface area contributed by atoms with Gasteiger partial charge in [-0.2, -0.15) is 0 Å². The highest BCUT2D eigenvalue weighted by atomic mass is 32.1. The molecular weight excluding hydrogens is 350 g/mol. The molecule has 0 radical (unpaired) electrons. The predicted octanol–water partition coefficient (Wildman–Crippen LogP) is 2.20. The average Bonchev–Trinajstić information content (AvgIpc) is 3.24. The molecule has 0 saturated heterocycles. The van der Waals surface area contributed by atoms with E-state index in [1.165, 1.54) is 11.3 Å². The molecular formula is C18H19N5O2S. The van der Waals surface area contributed by atoms with Crippen LogP contribution in [0, 0.1) is 0 Å². The second-order valence-electron chi connectivity index (χ2n) is 6.12. The zero-order valence-corrected chi connectivity index (χ0v) is 15.4. The number of thiophene rings is 1. The number of fused-ring (bicyclic) bond motifs is 1. The van der Waals surface area contributed by atoms with Crippen molar-refractivity contribution < 1.29 is 4.74 Å². The van der Waals surface area contributed by atoms with E-state index in [1.54, 1.807) is 13.3 Å². The van der Waals surface area contributed by atoms with E-state index in [0.717, 1.165) is 30.2 Å². The molecule has 0 unspecified atom stereocenters. The first kappa shape index (κ1) is 16.7. The van der Waals surface area contributed by atoms with E-state index in [9.17, 15) is 4.79 Å². The monoisotopic (exact) mass is 369 g/mol. The SMILES string of the molecule is COCCN1C=C(c2nc3c(-c4ccccn4)csc3c(=O)[nH]2)N(C)C1. The van der Waals surface area contributed by atoms with Gasteiger partial charge in [0.25, 0.3) is 5.56 Å². The highest BCUT2D eigenvalue weighted by Gasteiger charge is 2.22. The van der Waals surface area contributed by atoms with Gasteiger partial charge in [-0.3, -0.25) is 9.78 Å². The molecule has 1 N–H and O–H groups in total. The first-order chi connectivity index (χ1) is 12.7. The summed E-state index contributed by atoms with van der Waals surface area (Å²) in [6, 6.07) is 5.73. The van der Waals surface area contributed by atoms with Crippen LogP contribution >= 0.6 is 11.3 Å². The maximum absolute atomic E-state index is 12.6. The van der Waals surface area contributed by atoms with Crippen molar-refractivity contribution in [1.29, 1.82) is 0 Å². The molecule has 4 heterocycles. The van der Waals surface area contributed by atoms with Crippen LogP contribution in [0.1, 0.15) is 5.82 Å². The van der Waals surface area contributed by atoms with Crippen LogP contribution in [0.15, 0.2) is 40.8 Å². The summed E-state index contributed by atoms with van der Waals surface area (Å²) in [6.45, 7) is 2.17. The zero-order chi connectivity index (χ0) is 18.1. The summed E-state index contributed by atoms with van der Waals surface area (Å²) in [5.41, 5.74) is 3.16. The van der Waals surface area contributed by atoms with Crippen molar-refractivity contribution in [2.75, 3.05) is 34.0 Å². The predicted molar refractivity (Wildman–Crippen MR) is 103 cm³/mol. The molecule has 3 aromatic rings. The normalized spacial score (nSPS) is 14.3. The number of H-pyrrole nitrogens is 1. The number of ether oxygens (including phenoxy) is 1. The second kappa shape index (κ2) is 6.89. The summed E-state index contributed by atoms with van der Waals surface area (Å²) in [6.07, 6.45) is 3.75. The average molecular weight is 369 g/mol. The van der Waals surface area contributed by atoms with Gasteiger partial charge in [-0.25, -0.2) is 4.98 Å². The van der Waals surface area contributed by atoms with Gasteiger partial charge in [0.2, 0.25) is 0 Å². The van der Waals surface area contributed by atoms with Crippen molar-refractivity contribution >= 4 is 27.3 Å². The standard InChI is InChI=1S/C18H19N5O2S/c1-22-11-23(7-8-25-2)9-14(22)17-20-15-12(13-5-3-4-6-19-13)10-26-16(15)18(24)21-17/h3-6,9-10H,7-8,11H2,1-2H3,(H,20,21,24). The molecule has 0 aromatic carbocycles. The van der Waals surface area contributed by atoms with Crippen LogP contribution in [0.2, 0.25) is 0 Å². The summed E-state index contributed by atoms with van der Waals surface area (Å²) in [5.74, 6) is 0.570. The summed E-state index contributed by atoms with van der Waals surface area (Å²) >= 11 is 1.39. The third kappa shape index (κ3) is 2.97. The second-order valence-corrected chi connectivity index (χ2v) is 7.00. The van der Waals surface area contributed by atoms with Crippen molar-refractivity contribution in [3.63, 3.8) is 0 Å². The van der Waals surface area contributed by atoms with Crippen LogP contribution in [-0.2, 0) is 4.74 Å². The fraction of sp³-hybridized carbons (Fsp3) is 0.278. The highest BCUT2D eigenvalue weighted by Crippen LogP contribution is 2.31. The number of pyridine rings is 1. The van der Waals surface area contributed by atoms with Gasteiger partial charge in [-0.05, 0) is 12.1 Å². The van der Waals surface area contributed by atoms with Crippen molar-refractivity contribution in [1.82, 2.24) is 24.8 Å². The van der Waals surface area contributed by atoms with Gasteiger partial charge in [0.15, 0.2) is 5.82 Å². The number of hydrogen-bond donors (Lipinski definition) is 1. The minimum Gasteiger partial charge on any atom is -0.383 e. The summed E-state index contributed by atoms with van der Waals surface area (Å²) < 4.78 is 5.76. The third-order valence-corrected chi connectivity index (χ3v) is 5.27. The van der Waals surface area contributed by atoms with Crippen LogP contribution < -0.4 is 5.56 Å². The Bertz CT molecular complexity index is 1010. The van der Waals surface area contributed by atoms with Gasteiger partial charge >= 0.3 is 0 Å². The van der Waals surface area contributed by atoms with Crippen LogP contribution in [0.3, 0.4) is 0 Å². The van der Waals surface area contributed by atoms with Crippen LogP contribution in [0.4, 0.5) is 0 Å². The van der Waals surface area contributed by atoms with Crippen molar-refractivity contribution in [3.05, 3.63) is 52.2 Å². The Morgan fingerprint density at radius 1 is 1.38 bits per heavy atom. The van der Waals surface area contributed by atoms with Gasteiger partial charge in [0, 0.05) is 44.0 Å². The fourth-order valence-electron chi connectivity index (χ4n) is 3.00. The van der Waals surface area contributed by atoms with Gasteiger partial charge in [0.1, 0.15) is 4.70 Å². The Labute approximate surface area is 154 Å². The van der Waals surface area contributed by atoms with E-state index in [-0.39, 0.29) is 5.56 Å². The van der Waals surface area contributed by atoms with Crippen molar-refractivity contribution in [2.24, 2.45) is 0 Å². The molecule has 0 amide bonds. The lowest BCUT2D eigenvalue weighted by Crippen LogP contribution is -2.26. The molecule has 0 aliphatic carbocycles. The maximum Gasteiger partial charge on any atom is 0.269 e. The van der Waals surface area contributed by atoms with E-state index < -0.39 is 0 Å². The maximum atomic E-state index is 12.6. The van der Waals surface area contributed by atoms with Crippen molar-refractivity contribution in [2.45, 2.75) is 0 Å². The summed E-state index contributed by atoms with van der Waals surface area (Å²) in [4.78, 5) is 28.9. The summed E-state index contributed by atoms with van der Waals surface area (Å²) in [5, 5.41) is 1.94. The van der Waals surface area contributed by atoms with Crippen molar-refractivity contribution in [3.8, 4) is 11.3 Å². The number of nitrogens with one attached hydrogen (secondary N) is 1. The fourth-order valence-corrected chi connectivity index (χ4v) is 3.89. The van der Waals surface area contributed by atoms with Crippen LogP contribution in [0.25, 0.3) is 27.2 Å². The van der Waals surface area contributed by atoms with E-state index in [1.807, 2.05) is 36.8 Å². The molecule has 4 rings (SSSR count). The molecule has 8 heteroatoms. The molecule has 3 aromatic heterocycles. The van der Waals surface area contributed by atoms with Gasteiger partial charge < -0.3 is 19.5 Å². The smallest absolute Gasteiger partial charge is 0.269 e. The number of nitrogens with zero attached hydrogens (tertiary/aromatic N) is 4. The molecule has 0 spiro atoms. The first-order valence-corrected chi connectivity index (χ1v) is 9.14. The number of aromatic amines is 1. The molecule has 1 aliphatic heterocycles. The largest absolute Gasteiger partial charge is 0.383 e. The van der Waals surface area contributed by atoms with Crippen LogP contribution in [0.5, 0.6) is 0 Å². The molecule has 0 saturated carbocycles. The number of aromatic nitrogens is 3. The van der Waals surface area contributed by atoms with E-state index in [4.69, 9.17) is 9.72 Å². The lowest BCUT2D eigenvalue weighted by Gasteiger charge is -2.18. The number of methoxy groups -OCH3 is 1. The number of rotatable bonds is 5. The molecule has 0 bridgehead atoms. The van der Waals surface area contributed by atoms with Crippen LogP contribution in [-0.4, -0.2) is 58.7 Å². The highest BCUT2D eigenvalue weighted by molar-refractivity contribution is 7.17. The Kier molecular flexibility index (Phi) is 4.44. The zero-order valence-electron chi connectivity index (χ0n) is 14.6. The Hall–Kier alpha value is -2.71. The van der Waals surface area contributed by atoms with E-state index in [2.05, 4.69) is 19.8 Å². The van der Waals surface area contributed by atoms with E-state index in [0.29, 0.717) is 22.6 Å². The van der Waals surface area contributed by atoms with Gasteiger partial charge in [-0.15, -0.1) is 11.3 Å². The number of hydrogen-bond acceptors (Lipinski definition) is 7. The lowest BCUT2D eigenvalue weighted by molar-refractivity contribution is 0.161. The molecule has 0 fully saturated rings. The quantitative estimate of drug-likeness (QED) is 0.743. The third-order valence-electron chi connectivity index (χ3n) is 4.30. The summed E-state index contributed by atoms with van der Waals surface area (Å²) in [7, 11) is 3.67.